The number of anilines is 1. The van der Waals surface area contributed by atoms with Crippen LogP contribution < -0.4 is 21.1 Å². The summed E-state index contributed by atoms with van der Waals surface area (Å²) in [5.41, 5.74) is 14.0. The average molecular weight is 667 g/mol. The largest absolute Gasteiger partial charge is 0.362 e. The maximum atomic E-state index is 4.52. The Kier molecular flexibility index (Phi) is 16.6. The van der Waals surface area contributed by atoms with E-state index in [0.717, 1.165) is 55.5 Å². The van der Waals surface area contributed by atoms with Gasteiger partial charge >= 0.3 is 0 Å². The zero-order valence-corrected chi connectivity index (χ0v) is 32.4. The summed E-state index contributed by atoms with van der Waals surface area (Å²) in [5, 5.41) is 9.37. The number of aryl methyl sites for hydroxylation is 2. The molecule has 1 aliphatic carbocycles. The molecule has 50 heavy (non-hydrogen) atoms. The number of rotatable bonds is 16. The zero-order chi connectivity index (χ0) is 36.5. The lowest BCUT2D eigenvalue weighted by Crippen LogP contribution is -2.24. The third-order valence-corrected chi connectivity index (χ3v) is 9.66. The van der Waals surface area contributed by atoms with E-state index in [1.807, 2.05) is 0 Å². The highest BCUT2D eigenvalue weighted by Gasteiger charge is 2.16. The van der Waals surface area contributed by atoms with Crippen molar-refractivity contribution in [3.05, 3.63) is 164 Å². The molecule has 1 atom stereocenters. The summed E-state index contributed by atoms with van der Waals surface area (Å²) in [4.78, 5) is 0. The van der Waals surface area contributed by atoms with Crippen LogP contribution in [0.3, 0.4) is 0 Å². The zero-order valence-electron chi connectivity index (χ0n) is 32.4. The van der Waals surface area contributed by atoms with Gasteiger partial charge in [-0.25, -0.2) is 0 Å². The van der Waals surface area contributed by atoms with Gasteiger partial charge in [-0.3, -0.25) is 0 Å². The molecule has 264 valence electrons. The molecule has 0 spiro atoms. The molecule has 1 aliphatic rings. The molecular weight excluding hydrogens is 605 g/mol. The molecule has 2 heteroatoms. The highest BCUT2D eigenvalue weighted by Crippen LogP contribution is 2.30. The molecule has 0 fully saturated rings. The molecule has 2 nitrogen and oxygen atoms in total. The molecule has 0 heterocycles. The van der Waals surface area contributed by atoms with Gasteiger partial charge in [0.1, 0.15) is 0 Å². The van der Waals surface area contributed by atoms with Gasteiger partial charge in [-0.2, -0.15) is 0 Å². The molecular formula is C48H62N2. The third kappa shape index (κ3) is 12.1. The summed E-state index contributed by atoms with van der Waals surface area (Å²) in [5.74, 6) is 0.341. The van der Waals surface area contributed by atoms with Crippen LogP contribution in [0.4, 0.5) is 5.69 Å². The van der Waals surface area contributed by atoms with Crippen LogP contribution in [-0.2, 0) is 12.8 Å². The van der Waals surface area contributed by atoms with Gasteiger partial charge in [0, 0.05) is 23.5 Å². The SMILES string of the molecule is C=C(/C=c1/cc(\C=C(C)/C(C)=C(C)\C=C\Nc2ccc(CC)c(CC)c2)cc/c1=C/C)C/C(=C\C)CC1C=C(N/C=C/CCC)C=C/C1=C/C. The Morgan fingerprint density at radius 2 is 1.62 bits per heavy atom. The Balaban J connectivity index is 1.76. The van der Waals surface area contributed by atoms with Crippen LogP contribution in [0.25, 0.3) is 18.2 Å². The fraction of sp³-hybridized carbons (Fsp3) is 0.333. The van der Waals surface area contributed by atoms with E-state index in [9.17, 15) is 0 Å². The van der Waals surface area contributed by atoms with E-state index in [1.54, 1.807) is 0 Å². The van der Waals surface area contributed by atoms with Gasteiger partial charge in [-0.15, -0.1) is 0 Å². The van der Waals surface area contributed by atoms with Crippen LogP contribution in [0.15, 0.2) is 137 Å². The van der Waals surface area contributed by atoms with E-state index in [1.165, 1.54) is 55.0 Å². The standard InChI is InChI=1S/C48H62N2/c1-11-17-18-26-49-48-24-22-43(15-5)46(34-48)31-39(12-2)28-35(7)29-45-32-40(19-20-42(45)14-4)30-37(9)38(10)36(8)25-27-50-47-23-21-41(13-3)44(16-6)33-47/h12,14-15,18-27,29-30,32-34,46,49-50H,7,11,13,16-17,28,31H2,1-6,8-10H3/b26-18+,27-25+,37-30-,38-36-,39-12+,42-14-,43-15-,45-29-. The monoisotopic (exact) mass is 666 g/mol. The van der Waals surface area contributed by atoms with Crippen molar-refractivity contribution in [1.82, 2.24) is 5.32 Å². The van der Waals surface area contributed by atoms with Crippen LogP contribution in [0.1, 0.15) is 105 Å². The van der Waals surface area contributed by atoms with Crippen LogP contribution in [0, 0.1) is 5.92 Å². The molecule has 0 amide bonds. The minimum atomic E-state index is 0.341. The summed E-state index contributed by atoms with van der Waals surface area (Å²) < 4.78 is 0. The van der Waals surface area contributed by atoms with Crippen LogP contribution in [-0.4, -0.2) is 0 Å². The van der Waals surface area contributed by atoms with Crippen LogP contribution >= 0.6 is 0 Å². The summed E-state index contributed by atoms with van der Waals surface area (Å²) in [6.07, 6.45) is 32.7. The molecule has 0 aliphatic heterocycles. The van der Waals surface area contributed by atoms with E-state index in [0.29, 0.717) is 5.92 Å². The highest BCUT2D eigenvalue weighted by atomic mass is 14.8. The number of unbranched alkanes of at least 4 members (excludes halogenated alkanes) is 1. The molecule has 2 N–H and O–H groups in total. The second kappa shape index (κ2) is 20.8. The minimum Gasteiger partial charge on any atom is -0.362 e. The van der Waals surface area contributed by atoms with Gasteiger partial charge in [0.25, 0.3) is 0 Å². The Morgan fingerprint density at radius 3 is 2.30 bits per heavy atom. The maximum absolute atomic E-state index is 4.52. The second-order valence-corrected chi connectivity index (χ2v) is 13.3. The lowest BCUT2D eigenvalue weighted by molar-refractivity contribution is 0.729. The normalized spacial score (nSPS) is 17.6. The van der Waals surface area contributed by atoms with Crippen molar-refractivity contribution >= 4 is 23.9 Å². The van der Waals surface area contributed by atoms with Crippen LogP contribution in [0.5, 0.6) is 0 Å². The lowest BCUT2D eigenvalue weighted by atomic mass is 9.85. The maximum Gasteiger partial charge on any atom is 0.0382 e. The quantitative estimate of drug-likeness (QED) is 0.138. The molecule has 0 radical (unpaired) electrons. The molecule has 2 aromatic carbocycles. The smallest absolute Gasteiger partial charge is 0.0382 e. The van der Waals surface area contributed by atoms with E-state index in [2.05, 4.69) is 189 Å². The number of hydrogen-bond donors (Lipinski definition) is 2. The summed E-state index contributed by atoms with van der Waals surface area (Å²) >= 11 is 0. The lowest BCUT2D eigenvalue weighted by Gasteiger charge is -2.22. The summed E-state index contributed by atoms with van der Waals surface area (Å²) in [6.45, 7) is 24.1. The Hall–Kier alpha value is -4.56. The Morgan fingerprint density at radius 1 is 0.840 bits per heavy atom. The summed E-state index contributed by atoms with van der Waals surface area (Å²) in [7, 11) is 0. The molecule has 0 aromatic heterocycles. The summed E-state index contributed by atoms with van der Waals surface area (Å²) in [6, 6.07) is 13.4. The fourth-order valence-corrected chi connectivity index (χ4v) is 6.32. The van der Waals surface area contributed by atoms with Gasteiger partial charge in [0.15, 0.2) is 0 Å². The third-order valence-electron chi connectivity index (χ3n) is 9.66. The van der Waals surface area contributed by atoms with Gasteiger partial charge in [-0.1, -0.05) is 112 Å². The minimum absolute atomic E-state index is 0.341. The first kappa shape index (κ1) is 39.9. The molecule has 0 saturated carbocycles. The molecule has 0 bridgehead atoms. The van der Waals surface area contributed by atoms with Gasteiger partial charge in [-0.05, 0) is 160 Å². The van der Waals surface area contributed by atoms with Gasteiger partial charge < -0.3 is 10.6 Å². The average Bonchev–Trinajstić information content (AvgIpc) is 3.12. The van der Waals surface area contributed by atoms with Crippen molar-refractivity contribution in [2.45, 2.75) is 101 Å². The van der Waals surface area contributed by atoms with Crippen molar-refractivity contribution in [3.63, 3.8) is 0 Å². The molecule has 1 unspecified atom stereocenters. The van der Waals surface area contributed by atoms with Gasteiger partial charge in [0.05, 0.1) is 0 Å². The second-order valence-electron chi connectivity index (χ2n) is 13.3. The predicted molar refractivity (Wildman–Crippen MR) is 224 cm³/mol. The van der Waals surface area contributed by atoms with Crippen molar-refractivity contribution in [2.75, 3.05) is 5.32 Å². The predicted octanol–water partition coefficient (Wildman–Crippen LogP) is 12.0. The van der Waals surface area contributed by atoms with Crippen molar-refractivity contribution in [2.24, 2.45) is 5.92 Å². The van der Waals surface area contributed by atoms with Crippen molar-refractivity contribution in [3.8, 4) is 0 Å². The Bertz CT molecular complexity index is 1850. The van der Waals surface area contributed by atoms with E-state index >= 15 is 0 Å². The topological polar surface area (TPSA) is 24.1 Å². The fourth-order valence-electron chi connectivity index (χ4n) is 6.32. The van der Waals surface area contributed by atoms with Gasteiger partial charge in [0.2, 0.25) is 0 Å². The first-order valence-corrected chi connectivity index (χ1v) is 18.6. The van der Waals surface area contributed by atoms with E-state index < -0.39 is 0 Å². The number of benzene rings is 2. The molecule has 0 saturated heterocycles. The number of nitrogens with one attached hydrogen (secondary N) is 2. The first-order chi connectivity index (χ1) is 24.1. The Labute approximate surface area is 304 Å². The first-order valence-electron chi connectivity index (χ1n) is 18.6. The molecule has 3 rings (SSSR count). The van der Waals surface area contributed by atoms with E-state index in [-0.39, 0.29) is 0 Å². The van der Waals surface area contributed by atoms with Crippen LogP contribution in [0.2, 0.25) is 0 Å². The molecule has 2 aromatic rings. The van der Waals surface area contributed by atoms with E-state index in [4.69, 9.17) is 0 Å². The van der Waals surface area contributed by atoms with Crippen molar-refractivity contribution < 1.29 is 0 Å². The number of hydrogen-bond acceptors (Lipinski definition) is 2. The highest BCUT2D eigenvalue weighted by molar-refractivity contribution is 5.61. The van der Waals surface area contributed by atoms with Crippen molar-refractivity contribution in [1.29, 1.82) is 0 Å². The number of allylic oxidation sites excluding steroid dienone is 13.